The van der Waals surface area contributed by atoms with Crippen LogP contribution in [-0.2, 0) is 19.6 Å². The summed E-state index contributed by atoms with van der Waals surface area (Å²) < 4.78 is 13.1. The van der Waals surface area contributed by atoms with E-state index in [0.29, 0.717) is 13.0 Å². The minimum atomic E-state index is -2.56. The van der Waals surface area contributed by atoms with Crippen molar-refractivity contribution in [2.24, 2.45) is 0 Å². The van der Waals surface area contributed by atoms with Gasteiger partial charge in [0, 0.05) is 31.0 Å². The Bertz CT molecular complexity index is 1010. The van der Waals surface area contributed by atoms with E-state index in [1.54, 1.807) is 6.20 Å². The van der Waals surface area contributed by atoms with Gasteiger partial charge in [0.1, 0.15) is 12.2 Å². The van der Waals surface area contributed by atoms with Crippen molar-refractivity contribution in [1.82, 2.24) is 4.98 Å². The fourth-order valence-electron chi connectivity index (χ4n) is 5.11. The van der Waals surface area contributed by atoms with Crippen molar-refractivity contribution < 1.29 is 14.0 Å². The molecule has 172 valence electrons. The van der Waals surface area contributed by atoms with Gasteiger partial charge in [-0.05, 0) is 34.3 Å². The maximum absolute atomic E-state index is 12.2. The average Bonchev–Trinajstić information content (AvgIpc) is 3.22. The van der Waals surface area contributed by atoms with Gasteiger partial charge in [0.25, 0.3) is 8.32 Å². The number of aromatic nitrogens is 1. The predicted octanol–water partition coefficient (Wildman–Crippen LogP) is 4.62. The van der Waals surface area contributed by atoms with Crippen LogP contribution >= 0.6 is 0 Å². The number of carbonyl (C=O) groups is 1. The lowest BCUT2D eigenvalue weighted by molar-refractivity contribution is -0.117. The molecule has 0 spiro atoms. The standard InChI is InChI=1S/C28H33NO3Si/c1-27(2,3)33(25-13-6-4-7-14-25,26-15-8-5-9-16-26)32-19-11-17-28(20-24(30)22-31-28)23-12-10-18-29-21-23/h4-10,12-16,18,21H,11,17,19-20,22H2,1-3H3/t28-/m1/s1. The van der Waals surface area contributed by atoms with Gasteiger partial charge in [-0.3, -0.25) is 9.78 Å². The first kappa shape index (κ1) is 23.6. The minimum absolute atomic E-state index is 0.0590. The molecule has 0 radical (unpaired) electrons. The lowest BCUT2D eigenvalue weighted by atomic mass is 9.87. The summed E-state index contributed by atoms with van der Waals surface area (Å²) in [7, 11) is -2.56. The molecule has 33 heavy (non-hydrogen) atoms. The molecule has 0 aliphatic carbocycles. The molecule has 0 bridgehead atoms. The highest BCUT2D eigenvalue weighted by molar-refractivity contribution is 6.99. The lowest BCUT2D eigenvalue weighted by Crippen LogP contribution is -2.66. The highest BCUT2D eigenvalue weighted by Gasteiger charge is 2.50. The molecule has 1 aromatic heterocycles. The molecule has 2 aromatic carbocycles. The number of hydrogen-bond acceptors (Lipinski definition) is 4. The zero-order valence-electron chi connectivity index (χ0n) is 19.8. The Balaban J connectivity index is 1.60. The van der Waals surface area contributed by atoms with Gasteiger partial charge in [0.15, 0.2) is 5.78 Å². The van der Waals surface area contributed by atoms with Gasteiger partial charge >= 0.3 is 0 Å². The van der Waals surface area contributed by atoms with E-state index < -0.39 is 13.9 Å². The van der Waals surface area contributed by atoms with Gasteiger partial charge in [-0.25, -0.2) is 0 Å². The number of Topliss-reactive ketones (excluding diaryl/α,β-unsaturated/α-hetero) is 1. The summed E-state index contributed by atoms with van der Waals surface area (Å²) in [6, 6.07) is 25.3. The Labute approximate surface area is 198 Å². The Kier molecular flexibility index (Phi) is 6.93. The Hall–Kier alpha value is -2.60. The monoisotopic (exact) mass is 459 g/mol. The molecule has 1 atom stereocenters. The summed E-state index contributed by atoms with van der Waals surface area (Å²) in [4.78, 5) is 16.4. The number of ketones is 1. The second-order valence-electron chi connectivity index (χ2n) is 9.86. The van der Waals surface area contributed by atoms with Gasteiger partial charge in [0.2, 0.25) is 0 Å². The van der Waals surface area contributed by atoms with Crippen LogP contribution in [0.25, 0.3) is 0 Å². The molecule has 0 N–H and O–H groups in total. The summed E-state index contributed by atoms with van der Waals surface area (Å²) >= 11 is 0. The van der Waals surface area contributed by atoms with Crippen molar-refractivity contribution in [2.45, 2.75) is 50.7 Å². The van der Waals surface area contributed by atoms with E-state index in [4.69, 9.17) is 9.16 Å². The van der Waals surface area contributed by atoms with Crippen LogP contribution in [-0.4, -0.2) is 32.3 Å². The fourth-order valence-corrected chi connectivity index (χ4v) is 9.71. The number of rotatable bonds is 8. The molecule has 1 aliphatic rings. The van der Waals surface area contributed by atoms with Crippen molar-refractivity contribution in [1.29, 1.82) is 0 Å². The molecule has 0 unspecified atom stereocenters. The highest BCUT2D eigenvalue weighted by Crippen LogP contribution is 2.40. The van der Waals surface area contributed by atoms with E-state index in [1.807, 2.05) is 18.3 Å². The molecule has 0 amide bonds. The molecule has 4 nitrogen and oxygen atoms in total. The maximum Gasteiger partial charge on any atom is 0.261 e. The third-order valence-electron chi connectivity index (χ3n) is 6.64. The van der Waals surface area contributed by atoms with E-state index >= 15 is 0 Å². The van der Waals surface area contributed by atoms with Gasteiger partial charge in [-0.2, -0.15) is 0 Å². The number of ether oxygens (including phenoxy) is 1. The van der Waals surface area contributed by atoms with Gasteiger partial charge in [-0.15, -0.1) is 0 Å². The SMILES string of the molecule is CC(C)(C)[Si](OCCC[C@]1(c2cccnc2)CC(=O)CO1)(c1ccccc1)c1ccccc1. The largest absolute Gasteiger partial charge is 0.407 e. The molecule has 5 heteroatoms. The number of nitrogens with zero attached hydrogens (tertiary/aromatic N) is 1. The molecule has 1 aliphatic heterocycles. The van der Waals surface area contributed by atoms with Crippen molar-refractivity contribution in [3.05, 3.63) is 90.8 Å². The van der Waals surface area contributed by atoms with Crippen molar-refractivity contribution in [2.75, 3.05) is 13.2 Å². The third kappa shape index (κ3) is 4.72. The number of carbonyl (C=O) groups excluding carboxylic acids is 1. The zero-order valence-corrected chi connectivity index (χ0v) is 20.8. The third-order valence-corrected chi connectivity index (χ3v) is 11.7. The topological polar surface area (TPSA) is 48.4 Å². The summed E-state index contributed by atoms with van der Waals surface area (Å²) in [5, 5.41) is 2.49. The molecular weight excluding hydrogens is 426 g/mol. The lowest BCUT2D eigenvalue weighted by Gasteiger charge is -2.43. The number of pyridine rings is 1. The van der Waals surface area contributed by atoms with Crippen molar-refractivity contribution in [3.8, 4) is 0 Å². The molecule has 0 saturated carbocycles. The van der Waals surface area contributed by atoms with E-state index in [2.05, 4.69) is 86.4 Å². The summed E-state index contributed by atoms with van der Waals surface area (Å²) in [5.74, 6) is 0.145. The second kappa shape index (κ2) is 9.72. The molecule has 1 fully saturated rings. The zero-order chi connectivity index (χ0) is 23.4. The molecular formula is C28H33NO3Si. The van der Waals surface area contributed by atoms with Gasteiger partial charge in [-0.1, -0.05) is 87.5 Å². The summed E-state index contributed by atoms with van der Waals surface area (Å²) in [5.41, 5.74) is 0.376. The van der Waals surface area contributed by atoms with Crippen LogP contribution in [0.15, 0.2) is 85.2 Å². The van der Waals surface area contributed by atoms with E-state index in [-0.39, 0.29) is 17.4 Å². The van der Waals surface area contributed by atoms with Crippen LogP contribution in [0.1, 0.15) is 45.6 Å². The van der Waals surface area contributed by atoms with Gasteiger partial charge in [0.05, 0.1) is 0 Å². The smallest absolute Gasteiger partial charge is 0.261 e. The number of benzene rings is 2. The Morgan fingerprint density at radius 3 is 2.09 bits per heavy atom. The summed E-state index contributed by atoms with van der Waals surface area (Å²) in [6.07, 6.45) is 5.49. The van der Waals surface area contributed by atoms with Crippen LogP contribution in [0.3, 0.4) is 0 Å². The quantitative estimate of drug-likeness (QED) is 0.364. The normalized spacial score (nSPS) is 19.1. The van der Waals surface area contributed by atoms with Crippen LogP contribution < -0.4 is 10.4 Å². The van der Waals surface area contributed by atoms with Crippen LogP contribution in [0.5, 0.6) is 0 Å². The molecule has 3 aromatic rings. The molecule has 2 heterocycles. The summed E-state index contributed by atoms with van der Waals surface area (Å²) in [6.45, 7) is 7.64. The first-order valence-corrected chi connectivity index (χ1v) is 13.6. The van der Waals surface area contributed by atoms with Crippen LogP contribution in [0.4, 0.5) is 0 Å². The predicted molar refractivity (Wildman–Crippen MR) is 134 cm³/mol. The first-order valence-electron chi connectivity index (χ1n) is 11.7. The van der Waals surface area contributed by atoms with E-state index in [9.17, 15) is 4.79 Å². The fraction of sp³-hybridized carbons (Fsp3) is 0.357. The highest BCUT2D eigenvalue weighted by atomic mass is 28.4. The van der Waals surface area contributed by atoms with Crippen LogP contribution in [0.2, 0.25) is 5.04 Å². The molecule has 4 rings (SSSR count). The average molecular weight is 460 g/mol. The van der Waals surface area contributed by atoms with Crippen molar-refractivity contribution >= 4 is 24.5 Å². The van der Waals surface area contributed by atoms with E-state index in [1.165, 1.54) is 10.4 Å². The maximum atomic E-state index is 12.2. The van der Waals surface area contributed by atoms with Crippen LogP contribution in [0, 0.1) is 0 Å². The Morgan fingerprint density at radius 2 is 1.61 bits per heavy atom. The second-order valence-corrected chi connectivity index (χ2v) is 14.2. The minimum Gasteiger partial charge on any atom is -0.407 e. The van der Waals surface area contributed by atoms with Crippen molar-refractivity contribution in [3.63, 3.8) is 0 Å². The number of hydrogen-bond donors (Lipinski definition) is 0. The first-order chi connectivity index (χ1) is 15.9. The van der Waals surface area contributed by atoms with E-state index in [0.717, 1.165) is 18.4 Å². The Morgan fingerprint density at radius 1 is 0.970 bits per heavy atom. The molecule has 1 saturated heterocycles. The van der Waals surface area contributed by atoms with Gasteiger partial charge < -0.3 is 9.16 Å².